The lowest BCUT2D eigenvalue weighted by atomic mass is 10.3. The van der Waals surface area contributed by atoms with Crippen molar-refractivity contribution in [3.63, 3.8) is 0 Å². The third-order valence-corrected chi connectivity index (χ3v) is 3.58. The van der Waals surface area contributed by atoms with Gasteiger partial charge >= 0.3 is 11.7 Å². The van der Waals surface area contributed by atoms with E-state index < -0.39 is 18.0 Å². The lowest BCUT2D eigenvalue weighted by Gasteiger charge is -2.12. The highest BCUT2D eigenvalue weighted by atomic mass is 32.1. The number of esters is 1. The van der Waals surface area contributed by atoms with Crippen molar-refractivity contribution in [3.05, 3.63) is 57.7 Å². The van der Waals surface area contributed by atoms with E-state index in [9.17, 15) is 14.8 Å². The van der Waals surface area contributed by atoms with Gasteiger partial charge in [-0.3, -0.25) is 4.79 Å². The second-order valence-corrected chi connectivity index (χ2v) is 5.29. The number of ether oxygens (including phenoxy) is 1. The SMILES string of the molecule is C[C@H](OC(=O)c1cccc[n+]1[O-])C(=O)NCc1cccs1. The molecule has 1 amide bonds. The Morgan fingerprint density at radius 3 is 2.86 bits per heavy atom. The molecule has 0 aliphatic carbocycles. The van der Waals surface area contributed by atoms with Crippen molar-refractivity contribution in [2.24, 2.45) is 0 Å². The van der Waals surface area contributed by atoms with Crippen LogP contribution in [0.5, 0.6) is 0 Å². The van der Waals surface area contributed by atoms with Crippen molar-refractivity contribution in [2.75, 3.05) is 0 Å². The first-order chi connectivity index (χ1) is 10.1. The minimum absolute atomic E-state index is 0.157. The van der Waals surface area contributed by atoms with Gasteiger partial charge in [-0.2, -0.15) is 4.73 Å². The van der Waals surface area contributed by atoms with Crippen molar-refractivity contribution >= 4 is 23.2 Å². The molecule has 0 unspecified atom stereocenters. The molecule has 0 aromatic carbocycles. The molecule has 1 atom stereocenters. The average Bonchev–Trinajstić information content (AvgIpc) is 2.98. The van der Waals surface area contributed by atoms with Gasteiger partial charge in [0.1, 0.15) is 0 Å². The largest absolute Gasteiger partial charge is 0.618 e. The average molecular weight is 306 g/mol. The molecule has 0 aliphatic heterocycles. The molecule has 21 heavy (non-hydrogen) atoms. The fourth-order valence-corrected chi connectivity index (χ4v) is 2.24. The highest BCUT2D eigenvalue weighted by molar-refractivity contribution is 7.09. The molecule has 0 fully saturated rings. The standard InChI is InChI=1S/C14H14N2O4S/c1-10(13(17)15-9-11-5-4-8-21-11)20-14(18)12-6-2-3-7-16(12)19/h2-8,10H,9H2,1H3,(H,15,17)/t10-/m0/s1. The summed E-state index contributed by atoms with van der Waals surface area (Å²) in [4.78, 5) is 24.6. The summed E-state index contributed by atoms with van der Waals surface area (Å²) in [6.07, 6.45) is 0.218. The van der Waals surface area contributed by atoms with Gasteiger partial charge in [0.05, 0.1) is 6.54 Å². The molecule has 2 aromatic heterocycles. The van der Waals surface area contributed by atoms with Gasteiger partial charge in [0.2, 0.25) is 0 Å². The summed E-state index contributed by atoms with van der Waals surface area (Å²) in [6, 6.07) is 8.17. The normalized spacial score (nSPS) is 11.7. The van der Waals surface area contributed by atoms with Gasteiger partial charge < -0.3 is 15.3 Å². The van der Waals surface area contributed by atoms with Crippen molar-refractivity contribution in [3.8, 4) is 0 Å². The van der Waals surface area contributed by atoms with E-state index in [1.807, 2.05) is 17.5 Å². The van der Waals surface area contributed by atoms with Crippen LogP contribution in [-0.2, 0) is 16.1 Å². The Hall–Kier alpha value is -2.41. The summed E-state index contributed by atoms with van der Waals surface area (Å²) in [6.45, 7) is 1.84. The summed E-state index contributed by atoms with van der Waals surface area (Å²) in [5, 5.41) is 16.0. The zero-order valence-corrected chi connectivity index (χ0v) is 12.1. The van der Waals surface area contributed by atoms with Crippen LogP contribution in [0.2, 0.25) is 0 Å². The van der Waals surface area contributed by atoms with Crippen LogP contribution in [-0.4, -0.2) is 18.0 Å². The Bertz CT molecular complexity index is 628. The number of hydrogen-bond donors (Lipinski definition) is 1. The molecule has 7 heteroatoms. The first-order valence-electron chi connectivity index (χ1n) is 6.27. The number of pyridine rings is 1. The summed E-state index contributed by atoms with van der Waals surface area (Å²) < 4.78 is 5.38. The smallest absolute Gasteiger partial charge is 0.405 e. The molecule has 0 saturated heterocycles. The number of carbonyl (C=O) groups is 2. The quantitative estimate of drug-likeness (QED) is 0.512. The summed E-state index contributed by atoms with van der Waals surface area (Å²) in [5.74, 6) is -1.24. The van der Waals surface area contributed by atoms with Gasteiger partial charge in [0.15, 0.2) is 12.3 Å². The van der Waals surface area contributed by atoms with E-state index in [4.69, 9.17) is 4.74 Å². The number of nitrogens with one attached hydrogen (secondary N) is 1. The van der Waals surface area contributed by atoms with E-state index in [-0.39, 0.29) is 5.69 Å². The van der Waals surface area contributed by atoms with Gasteiger partial charge in [0.25, 0.3) is 5.91 Å². The molecule has 0 spiro atoms. The van der Waals surface area contributed by atoms with Crippen LogP contribution in [0.3, 0.4) is 0 Å². The molecule has 0 radical (unpaired) electrons. The molecule has 2 heterocycles. The lowest BCUT2D eigenvalue weighted by Crippen LogP contribution is -2.39. The maximum Gasteiger partial charge on any atom is 0.405 e. The molecule has 110 valence electrons. The van der Waals surface area contributed by atoms with Crippen molar-refractivity contribution in [2.45, 2.75) is 19.6 Å². The Morgan fingerprint density at radius 1 is 1.38 bits per heavy atom. The van der Waals surface area contributed by atoms with Crippen LogP contribution in [0.15, 0.2) is 41.9 Å². The van der Waals surface area contributed by atoms with Gasteiger partial charge in [-0.05, 0) is 24.4 Å². The minimum atomic E-state index is -0.974. The van der Waals surface area contributed by atoms with E-state index >= 15 is 0 Å². The number of thiophene rings is 1. The molecule has 1 N–H and O–H groups in total. The van der Waals surface area contributed by atoms with Crippen LogP contribution in [0, 0.1) is 5.21 Å². The topological polar surface area (TPSA) is 82.3 Å². The Morgan fingerprint density at radius 2 is 2.19 bits per heavy atom. The van der Waals surface area contributed by atoms with E-state index in [1.54, 1.807) is 6.07 Å². The molecule has 0 saturated carbocycles. The van der Waals surface area contributed by atoms with E-state index in [2.05, 4.69) is 5.32 Å². The van der Waals surface area contributed by atoms with Crippen molar-refractivity contribution in [1.82, 2.24) is 5.32 Å². The van der Waals surface area contributed by atoms with E-state index in [1.165, 1.54) is 36.6 Å². The van der Waals surface area contributed by atoms with Crippen LogP contribution >= 0.6 is 11.3 Å². The van der Waals surface area contributed by atoms with Gasteiger partial charge in [-0.15, -0.1) is 11.3 Å². The fourth-order valence-electron chi connectivity index (χ4n) is 1.59. The van der Waals surface area contributed by atoms with Crippen molar-refractivity contribution < 1.29 is 19.1 Å². The second kappa shape index (κ2) is 6.85. The van der Waals surface area contributed by atoms with Crippen LogP contribution in [0.4, 0.5) is 0 Å². The third kappa shape index (κ3) is 4.03. The molecule has 2 aromatic rings. The van der Waals surface area contributed by atoms with Gasteiger partial charge in [-0.1, -0.05) is 6.07 Å². The second-order valence-electron chi connectivity index (χ2n) is 4.26. The predicted octanol–water partition coefficient (Wildman–Crippen LogP) is 1.24. The summed E-state index contributed by atoms with van der Waals surface area (Å²) >= 11 is 1.52. The molecule has 2 rings (SSSR count). The molecule has 0 aliphatic rings. The van der Waals surface area contributed by atoms with E-state index in [0.29, 0.717) is 11.3 Å². The number of rotatable bonds is 5. The number of nitrogens with zero attached hydrogens (tertiary/aromatic N) is 1. The molecule has 0 bridgehead atoms. The highest BCUT2D eigenvalue weighted by Crippen LogP contribution is 2.08. The Balaban J connectivity index is 1.88. The molecule has 6 nitrogen and oxygen atoms in total. The van der Waals surface area contributed by atoms with Crippen LogP contribution < -0.4 is 10.0 Å². The summed E-state index contributed by atoms with van der Waals surface area (Å²) in [7, 11) is 0. The first kappa shape index (κ1) is 15.0. The first-order valence-corrected chi connectivity index (χ1v) is 7.15. The zero-order chi connectivity index (χ0) is 15.2. The van der Waals surface area contributed by atoms with Gasteiger partial charge in [-0.25, -0.2) is 4.79 Å². The van der Waals surface area contributed by atoms with Crippen molar-refractivity contribution in [1.29, 1.82) is 0 Å². The number of hydrogen-bond acceptors (Lipinski definition) is 5. The third-order valence-electron chi connectivity index (χ3n) is 2.70. The highest BCUT2D eigenvalue weighted by Gasteiger charge is 2.23. The summed E-state index contributed by atoms with van der Waals surface area (Å²) in [5.41, 5.74) is -0.157. The number of aromatic nitrogens is 1. The Kier molecular flexibility index (Phi) is 4.89. The molecular weight excluding hydrogens is 292 g/mol. The van der Waals surface area contributed by atoms with Crippen LogP contribution in [0.1, 0.15) is 22.3 Å². The number of amides is 1. The monoisotopic (exact) mass is 306 g/mol. The maximum absolute atomic E-state index is 11.8. The number of carbonyl (C=O) groups excluding carboxylic acids is 2. The van der Waals surface area contributed by atoms with E-state index in [0.717, 1.165) is 4.88 Å². The minimum Gasteiger partial charge on any atom is -0.618 e. The van der Waals surface area contributed by atoms with Crippen LogP contribution in [0.25, 0.3) is 0 Å². The fraction of sp³-hybridized carbons (Fsp3) is 0.214. The Labute approximate surface area is 125 Å². The maximum atomic E-state index is 11.8. The zero-order valence-electron chi connectivity index (χ0n) is 11.3. The lowest BCUT2D eigenvalue weighted by molar-refractivity contribution is -0.608. The predicted molar refractivity (Wildman–Crippen MR) is 76.4 cm³/mol. The molecular formula is C14H14N2O4S. The van der Waals surface area contributed by atoms with Gasteiger partial charge in [0, 0.05) is 17.0 Å².